The first-order chi connectivity index (χ1) is 8.09. The smallest absolute Gasteiger partial charge is 0.217 e. The van der Waals surface area contributed by atoms with Gasteiger partial charge in [-0.15, -0.1) is 0 Å². The minimum atomic E-state index is -0.770. The Balaban J connectivity index is 2.38. The number of benzene rings is 1. The zero-order chi connectivity index (χ0) is 12.7. The fourth-order valence-corrected chi connectivity index (χ4v) is 0.988. The summed E-state index contributed by atoms with van der Waals surface area (Å²) in [5.41, 5.74) is 0. The van der Waals surface area contributed by atoms with Crippen molar-refractivity contribution in [3.8, 4) is 17.6 Å². The molecule has 0 atom stereocenters. The van der Waals surface area contributed by atoms with Crippen LogP contribution in [-0.2, 0) is 4.79 Å². The molecule has 0 aliphatic carbocycles. The van der Waals surface area contributed by atoms with Crippen LogP contribution in [-0.4, -0.2) is 19.1 Å². The van der Waals surface area contributed by atoms with Gasteiger partial charge in [0.1, 0.15) is 12.4 Å². The third-order valence-corrected chi connectivity index (χ3v) is 1.74. The molecule has 5 heteroatoms. The maximum absolute atomic E-state index is 13.1. The molecule has 1 aromatic rings. The zero-order valence-electron chi connectivity index (χ0n) is 9.22. The van der Waals surface area contributed by atoms with Gasteiger partial charge in [-0.3, -0.25) is 4.79 Å². The molecule has 90 valence electrons. The number of hydrogen-bond donors (Lipinski definition) is 1. The van der Waals surface area contributed by atoms with Crippen LogP contribution in [0.5, 0.6) is 5.75 Å². The number of ether oxygens (including phenoxy) is 1. The van der Waals surface area contributed by atoms with Crippen molar-refractivity contribution in [1.29, 1.82) is 0 Å². The molecule has 0 heterocycles. The number of carbonyl (C=O) groups excluding carboxylic acids is 1. The molecule has 0 bridgehead atoms. The van der Waals surface area contributed by atoms with Crippen LogP contribution in [0.2, 0.25) is 0 Å². The van der Waals surface area contributed by atoms with Crippen LogP contribution >= 0.6 is 0 Å². The van der Waals surface area contributed by atoms with E-state index in [9.17, 15) is 13.6 Å². The second kappa shape index (κ2) is 6.48. The summed E-state index contributed by atoms with van der Waals surface area (Å²) < 4.78 is 30.6. The maximum Gasteiger partial charge on any atom is 0.217 e. The Hall–Kier alpha value is -2.09. The Bertz CT molecular complexity index is 463. The lowest BCUT2D eigenvalue weighted by Crippen LogP contribution is -2.19. The van der Waals surface area contributed by atoms with Gasteiger partial charge >= 0.3 is 0 Å². The molecule has 1 amide bonds. The number of halogens is 2. The highest BCUT2D eigenvalue weighted by Crippen LogP contribution is 2.16. The lowest BCUT2D eigenvalue weighted by atomic mass is 10.3. The average Bonchev–Trinajstić information content (AvgIpc) is 2.25. The summed E-state index contributed by atoms with van der Waals surface area (Å²) in [5, 5.41) is 2.47. The summed E-state index contributed by atoms with van der Waals surface area (Å²) in [7, 11) is 0. The normalized spacial score (nSPS) is 9.12. The van der Waals surface area contributed by atoms with Crippen LogP contribution in [0.15, 0.2) is 18.2 Å². The van der Waals surface area contributed by atoms with Crippen LogP contribution in [0.4, 0.5) is 8.78 Å². The third-order valence-electron chi connectivity index (χ3n) is 1.74. The number of hydrogen-bond acceptors (Lipinski definition) is 2. The minimum absolute atomic E-state index is 0.0257. The van der Waals surface area contributed by atoms with E-state index in [1.807, 2.05) is 0 Å². The molecule has 0 aliphatic heterocycles. The first-order valence-electron chi connectivity index (χ1n) is 4.87. The monoisotopic (exact) mass is 239 g/mol. The van der Waals surface area contributed by atoms with Gasteiger partial charge < -0.3 is 10.1 Å². The molecule has 0 aliphatic rings. The van der Waals surface area contributed by atoms with E-state index in [-0.39, 0.29) is 24.8 Å². The average molecular weight is 239 g/mol. The number of amides is 1. The molecule has 17 heavy (non-hydrogen) atoms. The standard InChI is InChI=1S/C12H11F2NO2/c1-9(16)15-6-2-3-7-17-12-5-4-10(13)8-11(12)14/h4-5,8H,6-7H2,1H3,(H,15,16). The maximum atomic E-state index is 13.1. The van der Waals surface area contributed by atoms with Crippen molar-refractivity contribution in [3.05, 3.63) is 29.8 Å². The molecule has 0 unspecified atom stereocenters. The van der Waals surface area contributed by atoms with Gasteiger partial charge in [0.2, 0.25) is 5.91 Å². The predicted molar refractivity (Wildman–Crippen MR) is 58.3 cm³/mol. The summed E-state index contributed by atoms with van der Waals surface area (Å²) in [5.74, 6) is 3.54. The minimum Gasteiger partial charge on any atom is -0.478 e. The van der Waals surface area contributed by atoms with Crippen LogP contribution in [0.3, 0.4) is 0 Å². The van der Waals surface area contributed by atoms with Crippen molar-refractivity contribution in [2.24, 2.45) is 0 Å². The second-order valence-electron chi connectivity index (χ2n) is 3.13. The zero-order valence-corrected chi connectivity index (χ0v) is 9.22. The molecule has 0 saturated carbocycles. The Labute approximate surface area is 97.8 Å². The van der Waals surface area contributed by atoms with Crippen molar-refractivity contribution in [3.63, 3.8) is 0 Å². The molecule has 3 nitrogen and oxygen atoms in total. The number of carbonyl (C=O) groups is 1. The van der Waals surface area contributed by atoms with Gasteiger partial charge in [-0.2, -0.15) is 0 Å². The van der Waals surface area contributed by atoms with Gasteiger partial charge in [-0.1, -0.05) is 11.8 Å². The Morgan fingerprint density at radius 1 is 1.41 bits per heavy atom. The molecular weight excluding hydrogens is 228 g/mol. The molecule has 0 fully saturated rings. The fourth-order valence-electron chi connectivity index (χ4n) is 0.988. The molecule has 1 N–H and O–H groups in total. The van der Waals surface area contributed by atoms with E-state index in [0.29, 0.717) is 0 Å². The van der Waals surface area contributed by atoms with Gasteiger partial charge in [-0.05, 0) is 12.1 Å². The van der Waals surface area contributed by atoms with Crippen molar-refractivity contribution in [2.75, 3.05) is 13.2 Å². The Morgan fingerprint density at radius 3 is 2.82 bits per heavy atom. The predicted octanol–water partition coefficient (Wildman–Crippen LogP) is 1.48. The molecule has 1 rings (SSSR count). The lowest BCUT2D eigenvalue weighted by Gasteiger charge is -2.02. The van der Waals surface area contributed by atoms with Crippen molar-refractivity contribution >= 4 is 5.91 Å². The summed E-state index contributed by atoms with van der Waals surface area (Å²) in [6.07, 6.45) is 0. The fraction of sp³-hybridized carbons (Fsp3) is 0.250. The summed E-state index contributed by atoms with van der Waals surface area (Å²) in [4.78, 5) is 10.5. The van der Waals surface area contributed by atoms with Crippen LogP contribution in [0.25, 0.3) is 0 Å². The van der Waals surface area contributed by atoms with Gasteiger partial charge in [0.25, 0.3) is 0 Å². The van der Waals surface area contributed by atoms with Crippen LogP contribution < -0.4 is 10.1 Å². The molecule has 0 saturated heterocycles. The molecule has 0 radical (unpaired) electrons. The topological polar surface area (TPSA) is 38.3 Å². The van der Waals surface area contributed by atoms with E-state index in [1.54, 1.807) is 0 Å². The number of rotatable bonds is 3. The first-order valence-corrected chi connectivity index (χ1v) is 4.87. The van der Waals surface area contributed by atoms with Crippen molar-refractivity contribution in [2.45, 2.75) is 6.92 Å². The van der Waals surface area contributed by atoms with Crippen LogP contribution in [0.1, 0.15) is 6.92 Å². The first kappa shape index (κ1) is 13.0. The lowest BCUT2D eigenvalue weighted by molar-refractivity contribution is -0.118. The van der Waals surface area contributed by atoms with E-state index in [1.165, 1.54) is 13.0 Å². The van der Waals surface area contributed by atoms with E-state index in [4.69, 9.17) is 4.74 Å². The Kier molecular flexibility index (Phi) is 4.95. The number of nitrogens with one attached hydrogen (secondary N) is 1. The van der Waals surface area contributed by atoms with E-state index < -0.39 is 11.6 Å². The van der Waals surface area contributed by atoms with E-state index in [2.05, 4.69) is 17.2 Å². The molecule has 1 aromatic carbocycles. The van der Waals surface area contributed by atoms with E-state index in [0.717, 1.165) is 12.1 Å². The molecular formula is C12H11F2NO2. The SMILES string of the molecule is CC(=O)NCC#CCOc1ccc(F)cc1F. The second-order valence-corrected chi connectivity index (χ2v) is 3.13. The summed E-state index contributed by atoms with van der Waals surface area (Å²) >= 11 is 0. The van der Waals surface area contributed by atoms with E-state index >= 15 is 0 Å². The van der Waals surface area contributed by atoms with Gasteiger partial charge in [0, 0.05) is 13.0 Å². The molecule has 0 aromatic heterocycles. The van der Waals surface area contributed by atoms with Crippen LogP contribution in [0, 0.1) is 23.5 Å². The molecule has 0 spiro atoms. The third kappa shape index (κ3) is 4.98. The van der Waals surface area contributed by atoms with Crippen molar-refractivity contribution < 1.29 is 18.3 Å². The highest BCUT2D eigenvalue weighted by atomic mass is 19.1. The summed E-state index contributed by atoms with van der Waals surface area (Å²) in [6.45, 7) is 1.57. The highest BCUT2D eigenvalue weighted by molar-refractivity contribution is 5.73. The van der Waals surface area contributed by atoms with Gasteiger partial charge in [-0.25, -0.2) is 8.78 Å². The van der Waals surface area contributed by atoms with Crippen molar-refractivity contribution in [1.82, 2.24) is 5.32 Å². The quantitative estimate of drug-likeness (QED) is 0.811. The van der Waals surface area contributed by atoms with Gasteiger partial charge in [0.05, 0.1) is 6.54 Å². The highest BCUT2D eigenvalue weighted by Gasteiger charge is 2.03. The van der Waals surface area contributed by atoms with Gasteiger partial charge in [0.15, 0.2) is 11.6 Å². The summed E-state index contributed by atoms with van der Waals surface area (Å²) in [6, 6.07) is 3.03. The largest absolute Gasteiger partial charge is 0.478 e. The Morgan fingerprint density at radius 2 is 2.18 bits per heavy atom.